The Kier molecular flexibility index (Phi) is 3.29. The maximum Gasteiger partial charge on any atom is 0.228 e. The number of nitrogens with two attached hydrogens (primary N) is 1. The second-order valence-electron chi connectivity index (χ2n) is 5.23. The third-order valence-electron chi connectivity index (χ3n) is 3.54. The summed E-state index contributed by atoms with van der Waals surface area (Å²) >= 11 is 0. The van der Waals surface area contributed by atoms with Crippen molar-refractivity contribution in [3.05, 3.63) is 47.8 Å². The monoisotopic (exact) mass is 286 g/mol. The molecule has 3 rings (SSSR count). The summed E-state index contributed by atoms with van der Waals surface area (Å²) in [5, 5.41) is 2.75. The molecule has 3 N–H and O–H groups in total. The third kappa shape index (κ3) is 2.84. The highest BCUT2D eigenvalue weighted by molar-refractivity contribution is 5.95. The number of benzene rings is 1. The fourth-order valence-electron chi connectivity index (χ4n) is 2.27. The van der Waals surface area contributed by atoms with Crippen molar-refractivity contribution in [2.75, 3.05) is 11.1 Å². The molecule has 1 aliphatic rings. The first-order valence-corrected chi connectivity index (χ1v) is 6.70. The van der Waals surface area contributed by atoms with E-state index in [2.05, 4.69) is 15.3 Å². The van der Waals surface area contributed by atoms with Crippen LogP contribution in [0.15, 0.2) is 30.5 Å². The van der Waals surface area contributed by atoms with E-state index in [1.807, 2.05) is 13.0 Å². The number of nitrogen functional groups attached to an aromatic ring is 1. The fraction of sp³-hybridized carbons (Fsp3) is 0.267. The van der Waals surface area contributed by atoms with Crippen molar-refractivity contribution >= 4 is 17.3 Å². The number of rotatable bonds is 3. The second kappa shape index (κ2) is 5.12. The Hall–Kier alpha value is -2.50. The van der Waals surface area contributed by atoms with Gasteiger partial charge >= 0.3 is 0 Å². The topological polar surface area (TPSA) is 80.9 Å². The van der Waals surface area contributed by atoms with Gasteiger partial charge in [0, 0.05) is 29.4 Å². The first kappa shape index (κ1) is 13.5. The first-order valence-electron chi connectivity index (χ1n) is 6.70. The average Bonchev–Trinajstić information content (AvgIpc) is 3.23. The van der Waals surface area contributed by atoms with Gasteiger partial charge in [-0.3, -0.25) is 4.79 Å². The molecule has 0 aliphatic heterocycles. The van der Waals surface area contributed by atoms with Gasteiger partial charge in [0.05, 0.1) is 5.69 Å². The molecule has 1 aromatic heterocycles. The van der Waals surface area contributed by atoms with Gasteiger partial charge in [0.15, 0.2) is 0 Å². The lowest BCUT2D eigenvalue weighted by atomic mass is 10.2. The molecule has 21 heavy (non-hydrogen) atoms. The van der Waals surface area contributed by atoms with Crippen LogP contribution in [0.3, 0.4) is 0 Å². The summed E-state index contributed by atoms with van der Waals surface area (Å²) < 4.78 is 13.1. The highest BCUT2D eigenvalue weighted by atomic mass is 19.1. The number of hydrogen-bond acceptors (Lipinski definition) is 4. The van der Waals surface area contributed by atoms with E-state index in [1.54, 1.807) is 6.20 Å². The summed E-state index contributed by atoms with van der Waals surface area (Å²) in [6, 6.07) is 5.96. The number of hydrogen-bond donors (Lipinski definition) is 2. The molecule has 1 saturated carbocycles. The van der Waals surface area contributed by atoms with Gasteiger partial charge in [0.1, 0.15) is 11.6 Å². The van der Waals surface area contributed by atoms with Crippen LogP contribution in [0.1, 0.15) is 23.9 Å². The van der Waals surface area contributed by atoms with Gasteiger partial charge in [0.2, 0.25) is 5.91 Å². The number of halogens is 1. The molecule has 0 spiro atoms. The molecule has 2 aromatic rings. The van der Waals surface area contributed by atoms with E-state index in [0.717, 1.165) is 12.1 Å². The molecule has 1 aliphatic carbocycles. The van der Waals surface area contributed by atoms with Crippen LogP contribution in [0.4, 0.5) is 15.8 Å². The fourth-order valence-corrected chi connectivity index (χ4v) is 2.27. The Morgan fingerprint density at radius 3 is 2.95 bits per heavy atom. The molecular formula is C15H15FN4O. The minimum atomic E-state index is -0.495. The summed E-state index contributed by atoms with van der Waals surface area (Å²) in [6.45, 7) is 1.89. The summed E-state index contributed by atoms with van der Waals surface area (Å²) in [5.74, 6) is 0.0103. The number of nitrogens with zero attached hydrogens (tertiary/aromatic N) is 2. The number of anilines is 2. The minimum absolute atomic E-state index is 0.0159. The maximum atomic E-state index is 13.1. The lowest BCUT2D eigenvalue weighted by Crippen LogP contribution is -2.15. The maximum absolute atomic E-state index is 13.1. The standard InChI is InChI=1S/C15H15FN4O/c1-8-4-5-18-14(19-8)10-7-11(10)15(21)20-9-2-3-12(16)13(17)6-9/h2-6,10-11H,7,17H2,1H3,(H,20,21). The van der Waals surface area contributed by atoms with Gasteiger partial charge in [-0.15, -0.1) is 0 Å². The molecule has 108 valence electrons. The van der Waals surface area contributed by atoms with Crippen molar-refractivity contribution in [3.8, 4) is 0 Å². The van der Waals surface area contributed by atoms with Crippen LogP contribution in [-0.4, -0.2) is 15.9 Å². The first-order chi connectivity index (χ1) is 10.0. The molecule has 0 bridgehead atoms. The predicted molar refractivity (Wildman–Crippen MR) is 77.1 cm³/mol. The molecule has 5 nitrogen and oxygen atoms in total. The molecule has 0 radical (unpaired) electrons. The summed E-state index contributed by atoms with van der Waals surface area (Å²) in [7, 11) is 0. The zero-order valence-electron chi connectivity index (χ0n) is 11.5. The van der Waals surface area contributed by atoms with Crippen molar-refractivity contribution < 1.29 is 9.18 Å². The molecule has 1 heterocycles. The van der Waals surface area contributed by atoms with Gasteiger partial charge in [-0.05, 0) is 37.6 Å². The Morgan fingerprint density at radius 2 is 2.24 bits per heavy atom. The van der Waals surface area contributed by atoms with Crippen molar-refractivity contribution in [3.63, 3.8) is 0 Å². The largest absolute Gasteiger partial charge is 0.396 e. The number of aryl methyl sites for hydroxylation is 1. The lowest BCUT2D eigenvalue weighted by Gasteiger charge is -2.06. The van der Waals surface area contributed by atoms with Crippen molar-refractivity contribution in [1.29, 1.82) is 0 Å². The quantitative estimate of drug-likeness (QED) is 0.848. The molecule has 2 unspecified atom stereocenters. The number of aromatic nitrogens is 2. The highest BCUT2D eigenvalue weighted by Crippen LogP contribution is 2.46. The average molecular weight is 286 g/mol. The van der Waals surface area contributed by atoms with Gasteiger partial charge in [-0.25, -0.2) is 14.4 Å². The predicted octanol–water partition coefficient (Wildman–Crippen LogP) is 2.25. The summed E-state index contributed by atoms with van der Waals surface area (Å²) in [5.41, 5.74) is 6.87. The Bertz CT molecular complexity index is 704. The minimum Gasteiger partial charge on any atom is -0.396 e. The van der Waals surface area contributed by atoms with Gasteiger partial charge in [-0.1, -0.05) is 0 Å². The molecule has 0 saturated heterocycles. The zero-order valence-corrected chi connectivity index (χ0v) is 11.5. The number of carbonyl (C=O) groups excluding carboxylic acids is 1. The smallest absolute Gasteiger partial charge is 0.228 e. The van der Waals surface area contributed by atoms with Crippen molar-refractivity contribution in [2.24, 2.45) is 5.92 Å². The van der Waals surface area contributed by atoms with Crippen LogP contribution in [0.25, 0.3) is 0 Å². The highest BCUT2D eigenvalue weighted by Gasteiger charge is 2.46. The normalized spacial score (nSPS) is 20.1. The van der Waals surface area contributed by atoms with E-state index < -0.39 is 5.82 Å². The molecule has 2 atom stereocenters. The van der Waals surface area contributed by atoms with Gasteiger partial charge < -0.3 is 11.1 Å². The van der Waals surface area contributed by atoms with Crippen LogP contribution in [0.2, 0.25) is 0 Å². The molecular weight excluding hydrogens is 271 g/mol. The number of amides is 1. The van der Waals surface area contributed by atoms with Crippen LogP contribution in [0.5, 0.6) is 0 Å². The van der Waals surface area contributed by atoms with Crippen LogP contribution < -0.4 is 11.1 Å². The van der Waals surface area contributed by atoms with E-state index in [9.17, 15) is 9.18 Å². The van der Waals surface area contributed by atoms with Gasteiger partial charge in [0.25, 0.3) is 0 Å². The van der Waals surface area contributed by atoms with E-state index in [1.165, 1.54) is 18.2 Å². The Balaban J connectivity index is 1.66. The number of nitrogens with one attached hydrogen (secondary N) is 1. The van der Waals surface area contributed by atoms with Crippen LogP contribution in [0, 0.1) is 18.7 Å². The Morgan fingerprint density at radius 1 is 1.43 bits per heavy atom. The van der Waals surface area contributed by atoms with E-state index in [0.29, 0.717) is 11.5 Å². The van der Waals surface area contributed by atoms with E-state index in [4.69, 9.17) is 5.73 Å². The van der Waals surface area contributed by atoms with Crippen molar-refractivity contribution in [1.82, 2.24) is 9.97 Å². The van der Waals surface area contributed by atoms with Gasteiger partial charge in [-0.2, -0.15) is 0 Å². The van der Waals surface area contributed by atoms with Crippen LogP contribution >= 0.6 is 0 Å². The number of carbonyl (C=O) groups is 1. The molecule has 1 fully saturated rings. The summed E-state index contributed by atoms with van der Waals surface area (Å²) in [6.07, 6.45) is 2.43. The Labute approximate surface area is 121 Å². The molecule has 1 amide bonds. The third-order valence-corrected chi connectivity index (χ3v) is 3.54. The summed E-state index contributed by atoms with van der Waals surface area (Å²) in [4.78, 5) is 20.7. The molecule has 6 heteroatoms. The second-order valence-corrected chi connectivity index (χ2v) is 5.23. The van der Waals surface area contributed by atoms with E-state index >= 15 is 0 Å². The van der Waals surface area contributed by atoms with Crippen molar-refractivity contribution in [2.45, 2.75) is 19.3 Å². The lowest BCUT2D eigenvalue weighted by molar-refractivity contribution is -0.117. The van der Waals surface area contributed by atoms with E-state index in [-0.39, 0.29) is 23.4 Å². The molecule has 1 aromatic carbocycles. The van der Waals surface area contributed by atoms with Crippen LogP contribution in [-0.2, 0) is 4.79 Å². The SMILES string of the molecule is Cc1ccnc(C2CC2C(=O)Nc2ccc(F)c(N)c2)n1. The zero-order chi connectivity index (χ0) is 15.0.